The van der Waals surface area contributed by atoms with Crippen molar-refractivity contribution in [1.82, 2.24) is 0 Å². The number of hydrogen-bond donors (Lipinski definition) is 1. The van der Waals surface area contributed by atoms with Crippen LogP contribution in [0.5, 0.6) is 0 Å². The predicted molar refractivity (Wildman–Crippen MR) is 28.6 cm³/mol. The molecule has 7 heavy (non-hydrogen) atoms. The van der Waals surface area contributed by atoms with Gasteiger partial charge in [0.15, 0.2) is 0 Å². The lowest BCUT2D eigenvalue weighted by Crippen LogP contribution is -2.49. The van der Waals surface area contributed by atoms with Crippen molar-refractivity contribution in [2.24, 2.45) is 0 Å². The van der Waals surface area contributed by atoms with Crippen LogP contribution in [-0.2, 0) is 0 Å². The minimum Gasteiger partial charge on any atom is -0.857 e. The molecule has 0 radical (unpaired) electrons. The summed E-state index contributed by atoms with van der Waals surface area (Å²) in [5.74, 6) is 0. The van der Waals surface area contributed by atoms with E-state index in [4.69, 9.17) is 5.11 Å². The van der Waals surface area contributed by atoms with E-state index in [2.05, 4.69) is 12.7 Å². The van der Waals surface area contributed by atoms with Crippen LogP contribution in [0.4, 0.5) is 0 Å². The SMILES string of the molecule is CCCC[NH3+].C[O-]. The van der Waals surface area contributed by atoms with Crippen LogP contribution >= 0.6 is 0 Å². The Hall–Kier alpha value is -0.0800. The molecular formula is C5H15NO. The fourth-order valence-corrected chi connectivity index (χ4v) is 0.250. The van der Waals surface area contributed by atoms with Crippen LogP contribution in [0.3, 0.4) is 0 Å². The van der Waals surface area contributed by atoms with Crippen molar-refractivity contribution >= 4 is 0 Å². The zero-order chi connectivity index (χ0) is 6.12. The topological polar surface area (TPSA) is 50.7 Å². The number of rotatable bonds is 2. The van der Waals surface area contributed by atoms with Crippen molar-refractivity contribution in [3.05, 3.63) is 0 Å². The molecule has 0 aliphatic rings. The predicted octanol–water partition coefficient (Wildman–Crippen LogP) is -0.995. The lowest BCUT2D eigenvalue weighted by Gasteiger charge is -1.77. The van der Waals surface area contributed by atoms with Crippen molar-refractivity contribution in [3.8, 4) is 0 Å². The van der Waals surface area contributed by atoms with Crippen LogP contribution in [0.2, 0.25) is 0 Å². The zero-order valence-electron chi connectivity index (χ0n) is 5.24. The van der Waals surface area contributed by atoms with Crippen molar-refractivity contribution in [2.45, 2.75) is 19.8 Å². The van der Waals surface area contributed by atoms with E-state index >= 15 is 0 Å². The molecule has 0 saturated carbocycles. The third kappa shape index (κ3) is 24.7. The molecule has 0 heterocycles. The molecule has 3 N–H and O–H groups in total. The minimum atomic E-state index is 0.750. The molecule has 0 atom stereocenters. The molecule has 0 bridgehead atoms. The monoisotopic (exact) mass is 105 g/mol. The molecule has 0 rings (SSSR count). The number of quaternary nitrogens is 1. The summed E-state index contributed by atoms with van der Waals surface area (Å²) in [6, 6.07) is 0. The summed E-state index contributed by atoms with van der Waals surface area (Å²) in [5, 5.41) is 8.25. The lowest BCUT2D eigenvalue weighted by molar-refractivity contribution is -0.368. The lowest BCUT2D eigenvalue weighted by atomic mass is 10.3. The van der Waals surface area contributed by atoms with Gasteiger partial charge >= 0.3 is 0 Å². The van der Waals surface area contributed by atoms with Gasteiger partial charge in [0.25, 0.3) is 0 Å². The van der Waals surface area contributed by atoms with Gasteiger partial charge in [-0.15, -0.1) is 0 Å². The van der Waals surface area contributed by atoms with Crippen molar-refractivity contribution in [3.63, 3.8) is 0 Å². The molecule has 0 saturated heterocycles. The Labute approximate surface area is 45.3 Å². The first-order valence-corrected chi connectivity index (χ1v) is 2.62. The van der Waals surface area contributed by atoms with Gasteiger partial charge in [-0.05, 0) is 6.42 Å². The van der Waals surface area contributed by atoms with Crippen LogP contribution < -0.4 is 10.8 Å². The standard InChI is InChI=1S/C4H11N.CH3O/c1-2-3-4-5;1-2/h2-5H2,1H3;1H3/q;-1/p+1. The highest BCUT2D eigenvalue weighted by Crippen LogP contribution is 1.75. The van der Waals surface area contributed by atoms with E-state index in [0.29, 0.717) is 0 Å². The van der Waals surface area contributed by atoms with Crippen LogP contribution in [0.25, 0.3) is 0 Å². The summed E-state index contributed by atoms with van der Waals surface area (Å²) in [4.78, 5) is 0. The van der Waals surface area contributed by atoms with Gasteiger partial charge in [-0.1, -0.05) is 13.3 Å². The third-order valence-corrected chi connectivity index (χ3v) is 0.604. The normalized spacial score (nSPS) is 6.86. The van der Waals surface area contributed by atoms with E-state index in [1.807, 2.05) is 0 Å². The average molecular weight is 105 g/mol. The molecule has 0 fully saturated rings. The van der Waals surface area contributed by atoms with Gasteiger partial charge in [-0.2, -0.15) is 7.11 Å². The molecule has 0 spiro atoms. The van der Waals surface area contributed by atoms with Crippen LogP contribution in [0, 0.1) is 0 Å². The van der Waals surface area contributed by atoms with Crippen LogP contribution in [0.15, 0.2) is 0 Å². The fraction of sp³-hybridized carbons (Fsp3) is 1.00. The Morgan fingerprint density at radius 1 is 1.43 bits per heavy atom. The number of hydrogen-bond acceptors (Lipinski definition) is 1. The largest absolute Gasteiger partial charge is 0.857 e. The Morgan fingerprint density at radius 3 is 1.86 bits per heavy atom. The molecule has 2 nitrogen and oxygen atoms in total. The van der Waals surface area contributed by atoms with Gasteiger partial charge < -0.3 is 10.8 Å². The maximum atomic E-state index is 8.25. The molecule has 0 aromatic carbocycles. The zero-order valence-corrected chi connectivity index (χ0v) is 5.24. The molecule has 0 aliphatic carbocycles. The summed E-state index contributed by atoms with van der Waals surface area (Å²) in [5.41, 5.74) is 3.68. The fourth-order valence-electron chi connectivity index (χ4n) is 0.250. The quantitative estimate of drug-likeness (QED) is 0.481. The highest BCUT2D eigenvalue weighted by molar-refractivity contribution is 4.21. The van der Waals surface area contributed by atoms with Crippen LogP contribution in [-0.4, -0.2) is 13.7 Å². The molecular weight excluding hydrogens is 90.1 g/mol. The van der Waals surface area contributed by atoms with Gasteiger partial charge in [0, 0.05) is 0 Å². The molecule has 0 unspecified atom stereocenters. The van der Waals surface area contributed by atoms with E-state index in [9.17, 15) is 0 Å². The van der Waals surface area contributed by atoms with Gasteiger partial charge in [0.1, 0.15) is 0 Å². The maximum absolute atomic E-state index is 8.25. The molecule has 0 aromatic heterocycles. The first kappa shape index (κ1) is 10.0. The maximum Gasteiger partial charge on any atom is 0.0739 e. The summed E-state index contributed by atoms with van der Waals surface area (Å²) < 4.78 is 0. The Balaban J connectivity index is 0. The Morgan fingerprint density at radius 2 is 1.86 bits per heavy atom. The summed E-state index contributed by atoms with van der Waals surface area (Å²) in [7, 11) is 0.750. The second kappa shape index (κ2) is 16.8. The Bertz CT molecular complexity index is 15.6. The third-order valence-electron chi connectivity index (χ3n) is 0.604. The van der Waals surface area contributed by atoms with Gasteiger partial charge in [0.2, 0.25) is 0 Å². The molecule has 0 aromatic rings. The van der Waals surface area contributed by atoms with E-state index in [1.165, 1.54) is 12.8 Å². The molecule has 2 heteroatoms. The van der Waals surface area contributed by atoms with E-state index in [0.717, 1.165) is 13.7 Å². The van der Waals surface area contributed by atoms with E-state index < -0.39 is 0 Å². The van der Waals surface area contributed by atoms with Gasteiger partial charge in [0.05, 0.1) is 6.54 Å². The first-order valence-electron chi connectivity index (χ1n) is 2.62. The van der Waals surface area contributed by atoms with Crippen molar-refractivity contribution in [2.75, 3.05) is 13.7 Å². The molecule has 0 amide bonds. The smallest absolute Gasteiger partial charge is 0.0739 e. The molecule has 46 valence electrons. The summed E-state index contributed by atoms with van der Waals surface area (Å²) in [6.45, 7) is 3.27. The molecule has 0 aliphatic heterocycles. The summed E-state index contributed by atoms with van der Waals surface area (Å²) >= 11 is 0. The second-order valence-electron chi connectivity index (χ2n) is 1.21. The highest BCUT2D eigenvalue weighted by Gasteiger charge is 1.71. The van der Waals surface area contributed by atoms with Crippen molar-refractivity contribution < 1.29 is 10.8 Å². The highest BCUT2D eigenvalue weighted by atomic mass is 16.2. The second-order valence-corrected chi connectivity index (χ2v) is 1.21. The summed E-state index contributed by atoms with van der Waals surface area (Å²) in [6.07, 6.45) is 2.56. The van der Waals surface area contributed by atoms with Crippen LogP contribution in [0.1, 0.15) is 19.8 Å². The van der Waals surface area contributed by atoms with Gasteiger partial charge in [-0.25, -0.2) is 0 Å². The average Bonchev–Trinajstić information content (AvgIpc) is 1.75. The Kier molecular flexibility index (Phi) is 24.1. The van der Waals surface area contributed by atoms with Gasteiger partial charge in [-0.3, -0.25) is 0 Å². The minimum absolute atomic E-state index is 0.750. The van der Waals surface area contributed by atoms with Crippen molar-refractivity contribution in [1.29, 1.82) is 0 Å². The first-order chi connectivity index (χ1) is 3.41. The van der Waals surface area contributed by atoms with E-state index in [1.54, 1.807) is 0 Å². The number of unbranched alkanes of at least 4 members (excludes halogenated alkanes) is 1. The van der Waals surface area contributed by atoms with E-state index in [-0.39, 0.29) is 0 Å².